The van der Waals surface area contributed by atoms with Gasteiger partial charge in [0, 0.05) is 12.6 Å². The molecule has 0 aromatic heterocycles. The summed E-state index contributed by atoms with van der Waals surface area (Å²) in [7, 11) is 1.61. The van der Waals surface area contributed by atoms with Gasteiger partial charge in [0.25, 0.3) is 0 Å². The van der Waals surface area contributed by atoms with E-state index >= 15 is 0 Å². The molecule has 0 bridgehead atoms. The normalized spacial score (nSPS) is 11.1. The number of phenols is 1. The maximum Gasteiger partial charge on any atom is 0.246 e. The summed E-state index contributed by atoms with van der Waals surface area (Å²) < 4.78 is 0. The van der Waals surface area contributed by atoms with Crippen molar-refractivity contribution in [1.29, 1.82) is 0 Å². The van der Waals surface area contributed by atoms with Gasteiger partial charge in [0.1, 0.15) is 5.75 Å². The first-order valence-electron chi connectivity index (χ1n) is 8.16. The molecule has 0 atom stereocenters. The Balaban J connectivity index is 0.000000534. The summed E-state index contributed by atoms with van der Waals surface area (Å²) in [5.74, 6) is 0.143. The number of nitrogens with one attached hydrogen (secondary N) is 1. The monoisotopic (exact) mass is 305 g/mol. The summed E-state index contributed by atoms with van der Waals surface area (Å²) in [5, 5.41) is 11.7. The zero-order valence-corrected chi connectivity index (χ0v) is 14.7. The Labute approximate surface area is 135 Å². The van der Waals surface area contributed by atoms with Gasteiger partial charge in [0.05, 0.1) is 0 Å². The van der Waals surface area contributed by atoms with Gasteiger partial charge in [-0.15, -0.1) is 0 Å². The first-order valence-corrected chi connectivity index (χ1v) is 8.16. The summed E-state index contributed by atoms with van der Waals surface area (Å²) in [5.41, 5.74) is 2.53. The van der Waals surface area contributed by atoms with E-state index in [2.05, 4.69) is 19.2 Å². The summed E-state index contributed by atoms with van der Waals surface area (Å²) in [6.45, 7) is 8.16. The molecule has 124 valence electrons. The molecule has 3 nitrogen and oxygen atoms in total. The molecule has 0 aliphatic carbocycles. The van der Waals surface area contributed by atoms with Crippen molar-refractivity contribution in [3.05, 3.63) is 35.4 Å². The van der Waals surface area contributed by atoms with Crippen molar-refractivity contribution in [3.8, 4) is 5.75 Å². The summed E-state index contributed by atoms with van der Waals surface area (Å²) in [6.07, 6.45) is 7.01. The molecule has 1 rings (SSSR count). The molecule has 0 aliphatic heterocycles. The standard InChI is InChI=1S/C12H15NO2.C7H16/c1-8(9(2)12(15)13-3)10-4-6-11(14)7-5-10;1-3-5-7-6-4-2/h4-7,14H,1-3H3,(H,13,15);3-7H2,1-2H3/b9-8+;. The van der Waals surface area contributed by atoms with Crippen LogP contribution in [0, 0.1) is 0 Å². The van der Waals surface area contributed by atoms with Gasteiger partial charge in [-0.1, -0.05) is 58.1 Å². The fourth-order valence-electron chi connectivity index (χ4n) is 1.96. The molecule has 0 unspecified atom stereocenters. The number of allylic oxidation sites excluding steroid dienone is 1. The zero-order chi connectivity index (χ0) is 17.0. The largest absolute Gasteiger partial charge is 0.508 e. The molecule has 1 amide bonds. The van der Waals surface area contributed by atoms with Gasteiger partial charge < -0.3 is 10.4 Å². The third-order valence-corrected chi connectivity index (χ3v) is 3.64. The summed E-state index contributed by atoms with van der Waals surface area (Å²) >= 11 is 0. The number of benzene rings is 1. The number of carbonyl (C=O) groups is 1. The number of aromatic hydroxyl groups is 1. The van der Waals surface area contributed by atoms with E-state index in [1.165, 1.54) is 32.1 Å². The maximum absolute atomic E-state index is 11.4. The van der Waals surface area contributed by atoms with Crippen LogP contribution in [-0.4, -0.2) is 18.1 Å². The van der Waals surface area contributed by atoms with Crippen LogP contribution in [-0.2, 0) is 4.79 Å². The van der Waals surface area contributed by atoms with Crippen molar-refractivity contribution in [1.82, 2.24) is 5.32 Å². The van der Waals surface area contributed by atoms with Gasteiger partial charge in [0.2, 0.25) is 5.91 Å². The maximum atomic E-state index is 11.4. The first-order chi connectivity index (χ1) is 10.5. The number of rotatable bonds is 6. The molecule has 0 spiro atoms. The lowest BCUT2D eigenvalue weighted by Gasteiger charge is -2.06. The third-order valence-electron chi connectivity index (χ3n) is 3.64. The van der Waals surface area contributed by atoms with Crippen molar-refractivity contribution in [2.24, 2.45) is 0 Å². The van der Waals surface area contributed by atoms with E-state index in [-0.39, 0.29) is 11.7 Å². The lowest BCUT2D eigenvalue weighted by Crippen LogP contribution is -2.19. The van der Waals surface area contributed by atoms with Crippen LogP contribution in [0.15, 0.2) is 29.8 Å². The molecule has 1 aromatic carbocycles. The molecule has 0 fully saturated rings. The molecule has 0 saturated carbocycles. The number of hydrogen-bond donors (Lipinski definition) is 2. The second-order valence-electron chi connectivity index (χ2n) is 5.44. The number of phenolic OH excluding ortho intramolecular Hbond substituents is 1. The van der Waals surface area contributed by atoms with E-state index in [1.54, 1.807) is 38.2 Å². The van der Waals surface area contributed by atoms with Crippen molar-refractivity contribution >= 4 is 11.5 Å². The molecule has 1 aromatic rings. The van der Waals surface area contributed by atoms with E-state index in [9.17, 15) is 4.79 Å². The van der Waals surface area contributed by atoms with E-state index in [4.69, 9.17) is 5.11 Å². The second-order valence-corrected chi connectivity index (χ2v) is 5.44. The molecule has 2 N–H and O–H groups in total. The van der Waals surface area contributed by atoms with Crippen molar-refractivity contribution in [2.75, 3.05) is 7.05 Å². The van der Waals surface area contributed by atoms with E-state index < -0.39 is 0 Å². The van der Waals surface area contributed by atoms with Crippen molar-refractivity contribution in [2.45, 2.75) is 59.8 Å². The van der Waals surface area contributed by atoms with E-state index in [0.717, 1.165) is 11.1 Å². The van der Waals surface area contributed by atoms with Crippen LogP contribution in [0.1, 0.15) is 65.4 Å². The minimum Gasteiger partial charge on any atom is -0.508 e. The van der Waals surface area contributed by atoms with Crippen LogP contribution >= 0.6 is 0 Å². The highest BCUT2D eigenvalue weighted by Crippen LogP contribution is 2.20. The highest BCUT2D eigenvalue weighted by molar-refractivity contribution is 6.00. The zero-order valence-electron chi connectivity index (χ0n) is 14.7. The Kier molecular flexibility index (Phi) is 10.9. The van der Waals surface area contributed by atoms with E-state index in [1.807, 2.05) is 6.92 Å². The number of amides is 1. The van der Waals surface area contributed by atoms with Gasteiger partial charge in [-0.2, -0.15) is 0 Å². The SMILES string of the molecule is CCCCCCC.CNC(=O)/C(C)=C(\C)c1ccc(O)cc1. The Morgan fingerprint density at radius 3 is 1.91 bits per heavy atom. The highest BCUT2D eigenvalue weighted by atomic mass is 16.3. The minimum absolute atomic E-state index is 0.0828. The van der Waals surface area contributed by atoms with Crippen molar-refractivity contribution in [3.63, 3.8) is 0 Å². The van der Waals surface area contributed by atoms with Crippen LogP contribution in [0.4, 0.5) is 0 Å². The molecule has 0 heterocycles. The van der Waals surface area contributed by atoms with Crippen molar-refractivity contribution < 1.29 is 9.90 Å². The van der Waals surface area contributed by atoms with Crippen LogP contribution in [0.2, 0.25) is 0 Å². The average Bonchev–Trinajstić information content (AvgIpc) is 2.54. The van der Waals surface area contributed by atoms with Crippen LogP contribution in [0.5, 0.6) is 5.75 Å². The lowest BCUT2D eigenvalue weighted by molar-refractivity contribution is -0.116. The predicted octanol–water partition coefficient (Wildman–Crippen LogP) is 4.91. The van der Waals surface area contributed by atoms with Gasteiger partial charge in [0.15, 0.2) is 0 Å². The highest BCUT2D eigenvalue weighted by Gasteiger charge is 2.06. The van der Waals surface area contributed by atoms with E-state index in [0.29, 0.717) is 5.57 Å². The molecule has 3 heteroatoms. The fourth-order valence-corrected chi connectivity index (χ4v) is 1.96. The Morgan fingerprint density at radius 1 is 1.00 bits per heavy atom. The predicted molar refractivity (Wildman–Crippen MR) is 94.9 cm³/mol. The smallest absolute Gasteiger partial charge is 0.246 e. The van der Waals surface area contributed by atoms with Gasteiger partial charge in [-0.05, 0) is 37.1 Å². The number of hydrogen-bond acceptors (Lipinski definition) is 2. The topological polar surface area (TPSA) is 49.3 Å². The quantitative estimate of drug-likeness (QED) is 0.579. The molecule has 22 heavy (non-hydrogen) atoms. The second kappa shape index (κ2) is 11.8. The summed E-state index contributed by atoms with van der Waals surface area (Å²) in [4.78, 5) is 11.4. The molecule has 0 radical (unpaired) electrons. The lowest BCUT2D eigenvalue weighted by atomic mass is 10.0. The number of likely N-dealkylation sites (N-methyl/N-ethyl adjacent to an activating group) is 1. The van der Waals surface area contributed by atoms with Crippen LogP contribution in [0.3, 0.4) is 0 Å². The Hall–Kier alpha value is -1.77. The van der Waals surface area contributed by atoms with Gasteiger partial charge in [-0.25, -0.2) is 0 Å². The van der Waals surface area contributed by atoms with Gasteiger partial charge >= 0.3 is 0 Å². The van der Waals surface area contributed by atoms with Crippen LogP contribution in [0.25, 0.3) is 5.57 Å². The van der Waals surface area contributed by atoms with Crippen LogP contribution < -0.4 is 5.32 Å². The minimum atomic E-state index is -0.0828. The Morgan fingerprint density at radius 2 is 1.50 bits per heavy atom. The average molecular weight is 305 g/mol. The third kappa shape index (κ3) is 7.87. The molecular formula is C19H31NO2. The number of carbonyl (C=O) groups excluding carboxylic acids is 1. The van der Waals surface area contributed by atoms with Gasteiger partial charge in [-0.3, -0.25) is 4.79 Å². The summed E-state index contributed by atoms with van der Waals surface area (Å²) in [6, 6.07) is 6.79. The fraction of sp³-hybridized carbons (Fsp3) is 0.526. The molecule has 0 aliphatic rings. The molecule has 0 saturated heterocycles. The number of unbranched alkanes of at least 4 members (excludes halogenated alkanes) is 4. The Bertz CT molecular complexity index is 457. The molecular weight excluding hydrogens is 274 g/mol. The first kappa shape index (κ1) is 20.2.